The first-order valence-electron chi connectivity index (χ1n) is 4.01. The molecule has 1 rings (SSSR count). The fourth-order valence-electron chi connectivity index (χ4n) is 0.557. The zero-order chi connectivity index (χ0) is 9.40. The quantitative estimate of drug-likeness (QED) is 0.694. The predicted octanol–water partition coefficient (Wildman–Crippen LogP) is 2.05. The van der Waals surface area contributed by atoms with Gasteiger partial charge in [-0.15, -0.1) is 0 Å². The standard InChI is InChI=1S/C7H8O.C3H9N/c1-8-7-5-3-2-4-6-7;1-3(2)4/h2-6H,1H3;3H,4H2,1-2H3. The summed E-state index contributed by atoms with van der Waals surface area (Å²) in [4.78, 5) is 0. The number of para-hydroxylation sites is 1. The van der Waals surface area contributed by atoms with Gasteiger partial charge in [-0.1, -0.05) is 32.0 Å². The lowest BCUT2D eigenvalue weighted by Crippen LogP contribution is -2.06. The van der Waals surface area contributed by atoms with Gasteiger partial charge in [-0.05, 0) is 18.2 Å². The fourth-order valence-corrected chi connectivity index (χ4v) is 0.557. The minimum atomic E-state index is 0.333. The summed E-state index contributed by atoms with van der Waals surface area (Å²) < 4.78 is 4.91. The van der Waals surface area contributed by atoms with E-state index in [0.717, 1.165) is 5.75 Å². The maximum absolute atomic E-state index is 5.11. The molecule has 0 aromatic heterocycles. The van der Waals surface area contributed by atoms with Gasteiger partial charge in [0.1, 0.15) is 5.75 Å². The molecule has 0 radical (unpaired) electrons. The Labute approximate surface area is 74.4 Å². The molecule has 2 heteroatoms. The minimum absolute atomic E-state index is 0.333. The smallest absolute Gasteiger partial charge is 0.118 e. The molecule has 0 atom stereocenters. The summed E-state index contributed by atoms with van der Waals surface area (Å²) in [6.07, 6.45) is 0. The van der Waals surface area contributed by atoms with Gasteiger partial charge in [-0.3, -0.25) is 0 Å². The van der Waals surface area contributed by atoms with Crippen molar-refractivity contribution in [3.05, 3.63) is 30.3 Å². The van der Waals surface area contributed by atoms with E-state index in [2.05, 4.69) is 0 Å². The second kappa shape index (κ2) is 6.68. The molecule has 0 aliphatic rings. The van der Waals surface area contributed by atoms with Crippen molar-refractivity contribution < 1.29 is 4.74 Å². The van der Waals surface area contributed by atoms with Gasteiger partial charge in [0.05, 0.1) is 7.11 Å². The predicted molar refractivity (Wildman–Crippen MR) is 52.3 cm³/mol. The Morgan fingerprint density at radius 2 is 1.58 bits per heavy atom. The zero-order valence-corrected chi connectivity index (χ0v) is 7.95. The summed E-state index contributed by atoms with van der Waals surface area (Å²) in [6, 6.07) is 10.0. The van der Waals surface area contributed by atoms with Crippen LogP contribution in [0.5, 0.6) is 5.75 Å². The third-order valence-electron chi connectivity index (χ3n) is 0.979. The number of benzene rings is 1. The zero-order valence-electron chi connectivity index (χ0n) is 7.95. The lowest BCUT2D eigenvalue weighted by atomic mass is 10.3. The molecule has 2 N–H and O–H groups in total. The van der Waals surface area contributed by atoms with Gasteiger partial charge < -0.3 is 10.5 Å². The van der Waals surface area contributed by atoms with Crippen LogP contribution in [0, 0.1) is 0 Å². The van der Waals surface area contributed by atoms with Crippen LogP contribution in [-0.4, -0.2) is 13.2 Å². The van der Waals surface area contributed by atoms with Gasteiger partial charge in [0, 0.05) is 0 Å². The molecule has 0 saturated heterocycles. The van der Waals surface area contributed by atoms with Gasteiger partial charge in [0.15, 0.2) is 0 Å². The van der Waals surface area contributed by atoms with Crippen molar-refractivity contribution in [3.63, 3.8) is 0 Å². The fraction of sp³-hybridized carbons (Fsp3) is 0.400. The van der Waals surface area contributed by atoms with Crippen LogP contribution in [0.2, 0.25) is 0 Å². The number of ether oxygens (including phenoxy) is 1. The third kappa shape index (κ3) is 7.09. The number of hydrogen-bond acceptors (Lipinski definition) is 2. The highest BCUT2D eigenvalue weighted by Crippen LogP contribution is 2.05. The van der Waals surface area contributed by atoms with Crippen LogP contribution >= 0.6 is 0 Å². The Hall–Kier alpha value is -1.02. The van der Waals surface area contributed by atoms with Gasteiger partial charge in [0.25, 0.3) is 0 Å². The van der Waals surface area contributed by atoms with Gasteiger partial charge in [-0.25, -0.2) is 0 Å². The van der Waals surface area contributed by atoms with Crippen molar-refractivity contribution in [3.8, 4) is 5.75 Å². The number of hydrogen-bond donors (Lipinski definition) is 1. The van der Waals surface area contributed by atoms with E-state index in [-0.39, 0.29) is 0 Å². The molecule has 0 spiro atoms. The van der Waals surface area contributed by atoms with Crippen molar-refractivity contribution in [1.29, 1.82) is 0 Å². The molecule has 0 bridgehead atoms. The second-order valence-corrected chi connectivity index (χ2v) is 2.76. The van der Waals surface area contributed by atoms with E-state index in [0.29, 0.717) is 6.04 Å². The summed E-state index contributed by atoms with van der Waals surface area (Å²) in [5, 5.41) is 0. The van der Waals surface area contributed by atoms with Crippen LogP contribution < -0.4 is 10.5 Å². The highest BCUT2D eigenvalue weighted by molar-refractivity contribution is 5.20. The third-order valence-corrected chi connectivity index (χ3v) is 0.979. The Bertz CT molecular complexity index is 182. The Balaban J connectivity index is 0.000000261. The lowest BCUT2D eigenvalue weighted by Gasteiger charge is -1.93. The lowest BCUT2D eigenvalue weighted by molar-refractivity contribution is 0.415. The SMILES string of the molecule is CC(C)N.COc1ccccc1. The van der Waals surface area contributed by atoms with Crippen molar-refractivity contribution in [1.82, 2.24) is 0 Å². The summed E-state index contributed by atoms with van der Waals surface area (Å²) in [6.45, 7) is 3.89. The first kappa shape index (κ1) is 11.0. The van der Waals surface area contributed by atoms with Gasteiger partial charge in [-0.2, -0.15) is 0 Å². The molecule has 1 aromatic rings. The van der Waals surface area contributed by atoms with E-state index in [1.165, 1.54) is 0 Å². The summed E-state index contributed by atoms with van der Waals surface area (Å²) in [7, 11) is 1.66. The van der Waals surface area contributed by atoms with Crippen LogP contribution in [0.15, 0.2) is 30.3 Å². The molecule has 1 aromatic carbocycles. The molecule has 0 amide bonds. The molecule has 68 valence electrons. The molecule has 0 aliphatic carbocycles. The highest BCUT2D eigenvalue weighted by atomic mass is 16.5. The normalized spacial score (nSPS) is 8.75. The molecular weight excluding hydrogens is 150 g/mol. The van der Waals surface area contributed by atoms with E-state index in [1.54, 1.807) is 7.11 Å². The van der Waals surface area contributed by atoms with Crippen LogP contribution in [0.4, 0.5) is 0 Å². The molecule has 2 nitrogen and oxygen atoms in total. The number of nitrogens with two attached hydrogens (primary N) is 1. The largest absolute Gasteiger partial charge is 0.497 e. The molecule has 0 aliphatic heterocycles. The maximum atomic E-state index is 5.11. The van der Waals surface area contributed by atoms with Gasteiger partial charge in [0.2, 0.25) is 0 Å². The maximum Gasteiger partial charge on any atom is 0.118 e. The molecular formula is C10H17NO. The molecule has 0 saturated carbocycles. The van der Waals surface area contributed by atoms with E-state index < -0.39 is 0 Å². The van der Waals surface area contributed by atoms with Crippen molar-refractivity contribution in [2.75, 3.05) is 7.11 Å². The Morgan fingerprint density at radius 1 is 1.17 bits per heavy atom. The first-order chi connectivity index (χ1) is 5.66. The van der Waals surface area contributed by atoms with Crippen molar-refractivity contribution in [2.45, 2.75) is 19.9 Å². The van der Waals surface area contributed by atoms with E-state index in [9.17, 15) is 0 Å². The topological polar surface area (TPSA) is 35.2 Å². The summed E-state index contributed by atoms with van der Waals surface area (Å²) >= 11 is 0. The van der Waals surface area contributed by atoms with Gasteiger partial charge >= 0.3 is 0 Å². The highest BCUT2D eigenvalue weighted by Gasteiger charge is 1.80. The van der Waals surface area contributed by atoms with Crippen LogP contribution in [0.25, 0.3) is 0 Å². The average molecular weight is 167 g/mol. The van der Waals surface area contributed by atoms with Crippen molar-refractivity contribution >= 4 is 0 Å². The number of rotatable bonds is 1. The Kier molecular flexibility index (Phi) is 6.11. The average Bonchev–Trinajstić information content (AvgIpc) is 2.05. The van der Waals surface area contributed by atoms with Crippen LogP contribution in [-0.2, 0) is 0 Å². The van der Waals surface area contributed by atoms with E-state index in [1.807, 2.05) is 44.2 Å². The molecule has 0 unspecified atom stereocenters. The molecule has 12 heavy (non-hydrogen) atoms. The van der Waals surface area contributed by atoms with Crippen molar-refractivity contribution in [2.24, 2.45) is 5.73 Å². The van der Waals surface area contributed by atoms with E-state index >= 15 is 0 Å². The number of methoxy groups -OCH3 is 1. The monoisotopic (exact) mass is 167 g/mol. The Morgan fingerprint density at radius 3 is 1.83 bits per heavy atom. The summed E-state index contributed by atoms with van der Waals surface area (Å²) in [5.41, 5.74) is 5.11. The van der Waals surface area contributed by atoms with Crippen LogP contribution in [0.3, 0.4) is 0 Å². The minimum Gasteiger partial charge on any atom is -0.497 e. The molecule has 0 heterocycles. The van der Waals surface area contributed by atoms with Crippen LogP contribution in [0.1, 0.15) is 13.8 Å². The van der Waals surface area contributed by atoms with E-state index in [4.69, 9.17) is 10.5 Å². The second-order valence-electron chi connectivity index (χ2n) is 2.76. The first-order valence-corrected chi connectivity index (χ1v) is 4.01. The molecule has 0 fully saturated rings. The summed E-state index contributed by atoms with van der Waals surface area (Å²) in [5.74, 6) is 0.910.